The van der Waals surface area contributed by atoms with Crippen LogP contribution in [0.15, 0.2) is 42.6 Å². The first-order chi connectivity index (χ1) is 14.1. The highest BCUT2D eigenvalue weighted by molar-refractivity contribution is 6.30. The Morgan fingerprint density at radius 2 is 1.87 bits per heavy atom. The summed E-state index contributed by atoms with van der Waals surface area (Å²) < 4.78 is 42.8. The fraction of sp³-hybridized carbons (Fsp3) is 0.250. The van der Waals surface area contributed by atoms with Crippen molar-refractivity contribution in [3.8, 4) is 11.6 Å². The maximum absolute atomic E-state index is 12.4. The molecule has 1 amide bonds. The number of pyridine rings is 1. The molecule has 0 aliphatic carbocycles. The van der Waals surface area contributed by atoms with Gasteiger partial charge in [0, 0.05) is 22.3 Å². The molecule has 0 saturated carbocycles. The highest BCUT2D eigenvalue weighted by atomic mass is 35.5. The van der Waals surface area contributed by atoms with Crippen molar-refractivity contribution in [2.75, 3.05) is 11.9 Å². The van der Waals surface area contributed by atoms with E-state index < -0.39 is 12.8 Å². The number of aryl methyl sites for hydroxylation is 1. The molecule has 0 atom stereocenters. The van der Waals surface area contributed by atoms with Crippen LogP contribution in [-0.4, -0.2) is 33.5 Å². The molecule has 3 aromatic rings. The van der Waals surface area contributed by atoms with Crippen molar-refractivity contribution in [2.45, 2.75) is 26.4 Å². The molecule has 0 unspecified atom stereocenters. The number of nitrogens with zero attached hydrogens (tertiary/aromatic N) is 3. The molecule has 0 aliphatic rings. The maximum atomic E-state index is 12.4. The van der Waals surface area contributed by atoms with Gasteiger partial charge in [-0.05, 0) is 44.2 Å². The van der Waals surface area contributed by atoms with Gasteiger partial charge in [-0.3, -0.25) is 4.79 Å². The first kappa shape index (κ1) is 21.6. The van der Waals surface area contributed by atoms with E-state index in [1.54, 1.807) is 16.8 Å². The lowest BCUT2D eigenvalue weighted by atomic mass is 10.1. The SMILES string of the molecule is Cc1nn(-c2ccc(Cl)cc2)c(C)c1CC(=O)Nc1ccc(OCC(F)(F)F)nc1. The summed E-state index contributed by atoms with van der Waals surface area (Å²) in [6.07, 6.45) is -3.13. The van der Waals surface area contributed by atoms with E-state index in [-0.39, 0.29) is 18.2 Å². The number of carbonyl (C=O) groups is 1. The molecule has 0 fully saturated rings. The third-order valence-corrected chi connectivity index (χ3v) is 4.51. The number of halogens is 4. The Labute approximate surface area is 175 Å². The van der Waals surface area contributed by atoms with Crippen molar-refractivity contribution in [3.05, 3.63) is 64.6 Å². The molecule has 0 aliphatic heterocycles. The molecule has 158 valence electrons. The van der Waals surface area contributed by atoms with Crippen molar-refractivity contribution >= 4 is 23.2 Å². The Morgan fingerprint density at radius 1 is 1.17 bits per heavy atom. The lowest BCUT2D eigenvalue weighted by Gasteiger charge is -2.09. The average Bonchev–Trinajstić information content (AvgIpc) is 2.96. The Hall–Kier alpha value is -3.07. The van der Waals surface area contributed by atoms with Gasteiger partial charge in [0.15, 0.2) is 6.61 Å². The maximum Gasteiger partial charge on any atom is 0.422 e. The van der Waals surface area contributed by atoms with Crippen molar-refractivity contribution in [1.29, 1.82) is 0 Å². The number of hydrogen-bond donors (Lipinski definition) is 1. The summed E-state index contributed by atoms with van der Waals surface area (Å²) in [7, 11) is 0. The van der Waals surface area contributed by atoms with Gasteiger partial charge in [0.2, 0.25) is 11.8 Å². The summed E-state index contributed by atoms with van der Waals surface area (Å²) in [5, 5.41) is 7.78. The summed E-state index contributed by atoms with van der Waals surface area (Å²) in [5.74, 6) is -0.483. The van der Waals surface area contributed by atoms with Gasteiger partial charge < -0.3 is 10.1 Å². The summed E-state index contributed by atoms with van der Waals surface area (Å²) in [5.41, 5.74) is 3.48. The minimum Gasteiger partial charge on any atom is -0.468 e. The van der Waals surface area contributed by atoms with Gasteiger partial charge in [0.25, 0.3) is 0 Å². The number of amides is 1. The number of nitrogens with one attached hydrogen (secondary N) is 1. The summed E-state index contributed by atoms with van der Waals surface area (Å²) in [4.78, 5) is 16.2. The predicted molar refractivity (Wildman–Crippen MR) is 106 cm³/mol. The van der Waals surface area contributed by atoms with Gasteiger partial charge in [-0.2, -0.15) is 18.3 Å². The van der Waals surface area contributed by atoms with Gasteiger partial charge in [-0.15, -0.1) is 0 Å². The summed E-state index contributed by atoms with van der Waals surface area (Å²) in [6.45, 7) is 2.25. The zero-order chi connectivity index (χ0) is 21.9. The zero-order valence-corrected chi connectivity index (χ0v) is 16.9. The molecule has 10 heteroatoms. The number of ether oxygens (including phenoxy) is 1. The number of alkyl halides is 3. The second kappa shape index (κ2) is 8.74. The number of anilines is 1. The molecular weight excluding hydrogens is 421 g/mol. The highest BCUT2D eigenvalue weighted by Gasteiger charge is 2.28. The molecule has 0 saturated heterocycles. The van der Waals surface area contributed by atoms with Crippen LogP contribution < -0.4 is 10.1 Å². The molecule has 1 aromatic carbocycles. The molecule has 0 bridgehead atoms. The molecule has 1 N–H and O–H groups in total. The fourth-order valence-electron chi connectivity index (χ4n) is 2.83. The van der Waals surface area contributed by atoms with Crippen LogP contribution >= 0.6 is 11.6 Å². The van der Waals surface area contributed by atoms with Crippen molar-refractivity contribution in [1.82, 2.24) is 14.8 Å². The minimum absolute atomic E-state index is 0.0809. The molecule has 2 heterocycles. The smallest absolute Gasteiger partial charge is 0.422 e. The number of benzene rings is 1. The first-order valence-corrected chi connectivity index (χ1v) is 9.26. The largest absolute Gasteiger partial charge is 0.468 e. The van der Waals surface area contributed by atoms with Crippen LogP contribution in [0.5, 0.6) is 5.88 Å². The molecule has 3 rings (SSSR count). The van der Waals surface area contributed by atoms with Crippen LogP contribution in [0, 0.1) is 13.8 Å². The molecule has 30 heavy (non-hydrogen) atoms. The normalized spacial score (nSPS) is 11.4. The van der Waals surface area contributed by atoms with E-state index in [0.29, 0.717) is 16.4 Å². The Bertz CT molecular complexity index is 1030. The first-order valence-electron chi connectivity index (χ1n) is 8.89. The number of rotatable bonds is 6. The van der Waals surface area contributed by atoms with Crippen LogP contribution in [-0.2, 0) is 11.2 Å². The summed E-state index contributed by atoms with van der Waals surface area (Å²) >= 11 is 5.92. The summed E-state index contributed by atoms with van der Waals surface area (Å²) in [6, 6.07) is 9.87. The van der Waals surface area contributed by atoms with Crippen LogP contribution in [0.25, 0.3) is 5.69 Å². The van der Waals surface area contributed by atoms with Gasteiger partial charge >= 0.3 is 6.18 Å². The molecule has 0 radical (unpaired) electrons. The Morgan fingerprint density at radius 3 is 2.47 bits per heavy atom. The Kier molecular flexibility index (Phi) is 6.31. The van der Waals surface area contributed by atoms with Crippen molar-refractivity contribution in [3.63, 3.8) is 0 Å². The van der Waals surface area contributed by atoms with E-state index in [1.807, 2.05) is 26.0 Å². The topological polar surface area (TPSA) is 69.0 Å². The van der Waals surface area contributed by atoms with E-state index in [4.69, 9.17) is 11.6 Å². The van der Waals surface area contributed by atoms with Crippen LogP contribution in [0.3, 0.4) is 0 Å². The minimum atomic E-state index is -4.44. The number of aromatic nitrogens is 3. The average molecular weight is 439 g/mol. The van der Waals surface area contributed by atoms with Gasteiger partial charge in [0.1, 0.15) is 0 Å². The van der Waals surface area contributed by atoms with Crippen molar-refractivity contribution < 1.29 is 22.7 Å². The second-order valence-corrected chi connectivity index (χ2v) is 6.99. The lowest BCUT2D eigenvalue weighted by Crippen LogP contribution is -2.19. The standard InChI is InChI=1S/C20H18ClF3N4O2/c1-12-17(13(2)28(27-12)16-6-3-14(21)4-7-16)9-18(29)26-15-5-8-19(25-10-15)30-11-20(22,23)24/h3-8,10H,9,11H2,1-2H3,(H,26,29). The zero-order valence-electron chi connectivity index (χ0n) is 16.1. The van der Waals surface area contributed by atoms with Crippen molar-refractivity contribution in [2.24, 2.45) is 0 Å². The monoisotopic (exact) mass is 438 g/mol. The Balaban J connectivity index is 1.66. The van der Waals surface area contributed by atoms with E-state index in [1.165, 1.54) is 18.3 Å². The van der Waals surface area contributed by atoms with Gasteiger partial charge in [-0.1, -0.05) is 11.6 Å². The molecule has 6 nitrogen and oxygen atoms in total. The van der Waals surface area contributed by atoms with E-state index in [9.17, 15) is 18.0 Å². The van der Waals surface area contributed by atoms with Crippen LogP contribution in [0.1, 0.15) is 17.0 Å². The van der Waals surface area contributed by atoms with Crippen LogP contribution in [0.2, 0.25) is 5.02 Å². The van der Waals surface area contributed by atoms with E-state index in [2.05, 4.69) is 20.1 Å². The van der Waals surface area contributed by atoms with Crippen LogP contribution in [0.4, 0.5) is 18.9 Å². The lowest BCUT2D eigenvalue weighted by molar-refractivity contribution is -0.154. The third-order valence-electron chi connectivity index (χ3n) is 4.25. The number of hydrogen-bond acceptors (Lipinski definition) is 4. The fourth-order valence-corrected chi connectivity index (χ4v) is 2.95. The molecular formula is C20H18ClF3N4O2. The van der Waals surface area contributed by atoms with Gasteiger partial charge in [0.05, 0.1) is 29.7 Å². The quantitative estimate of drug-likeness (QED) is 0.607. The number of carbonyl (C=O) groups excluding carboxylic acids is 1. The predicted octanol–water partition coefficient (Wildman–Crippen LogP) is 4.66. The van der Waals surface area contributed by atoms with Gasteiger partial charge in [-0.25, -0.2) is 9.67 Å². The highest BCUT2D eigenvalue weighted by Crippen LogP contribution is 2.21. The third kappa shape index (κ3) is 5.50. The van der Waals surface area contributed by atoms with E-state index in [0.717, 1.165) is 16.9 Å². The second-order valence-electron chi connectivity index (χ2n) is 6.55. The molecule has 2 aromatic heterocycles. The van der Waals surface area contributed by atoms with E-state index >= 15 is 0 Å². The molecule has 0 spiro atoms.